The van der Waals surface area contributed by atoms with Gasteiger partial charge in [0.2, 0.25) is 6.41 Å². The molecule has 3 rings (SSSR count). The zero-order valence-corrected chi connectivity index (χ0v) is 20.5. The second-order valence-corrected chi connectivity index (χ2v) is 8.99. The number of nitrogens with zero attached hydrogens (tertiary/aromatic N) is 2. The van der Waals surface area contributed by atoms with E-state index >= 15 is 0 Å². The van der Waals surface area contributed by atoms with E-state index in [-0.39, 0.29) is 5.88 Å². The number of amides is 1. The first-order valence-corrected chi connectivity index (χ1v) is 11.9. The quantitative estimate of drug-likeness (QED) is 0.273. The summed E-state index contributed by atoms with van der Waals surface area (Å²) < 4.78 is 0. The molecular formula is C25H38ClN5O2. The molecule has 2 fully saturated rings. The normalized spacial score (nSPS) is 20.2. The van der Waals surface area contributed by atoms with Crippen LogP contribution in [0, 0.1) is 12.8 Å². The van der Waals surface area contributed by atoms with Crippen molar-refractivity contribution < 1.29 is 9.90 Å². The van der Waals surface area contributed by atoms with Gasteiger partial charge in [-0.2, -0.15) is 0 Å². The first-order chi connectivity index (χ1) is 15.7. The number of allylic oxidation sites excluding steroid dienone is 3. The van der Waals surface area contributed by atoms with E-state index in [1.165, 1.54) is 6.08 Å². The van der Waals surface area contributed by atoms with Crippen LogP contribution in [0.1, 0.15) is 37.3 Å². The van der Waals surface area contributed by atoms with Crippen LogP contribution in [0.25, 0.3) is 5.70 Å². The Kier molecular flexibility index (Phi) is 10.6. The Labute approximate surface area is 202 Å². The molecule has 7 nitrogen and oxygen atoms in total. The Hall–Kier alpha value is -2.64. The number of benzene rings is 1. The number of carbonyl (C=O) groups is 1. The molecule has 33 heavy (non-hydrogen) atoms. The Morgan fingerprint density at radius 1 is 1.24 bits per heavy atom. The number of hydrogen-bond acceptors (Lipinski definition) is 6. The zero-order valence-electron chi connectivity index (χ0n) is 19.8. The van der Waals surface area contributed by atoms with Crippen LogP contribution < -0.4 is 16.8 Å². The van der Waals surface area contributed by atoms with Crippen molar-refractivity contribution in [3.05, 3.63) is 64.7 Å². The fourth-order valence-electron chi connectivity index (χ4n) is 4.23. The van der Waals surface area contributed by atoms with Crippen molar-refractivity contribution in [2.24, 2.45) is 17.4 Å². The zero-order chi connectivity index (χ0) is 24.4. The molecule has 0 bridgehead atoms. The highest BCUT2D eigenvalue weighted by Gasteiger charge is 2.30. The van der Waals surface area contributed by atoms with Gasteiger partial charge in [0.15, 0.2) is 5.88 Å². The highest BCUT2D eigenvalue weighted by Crippen LogP contribution is 2.26. The lowest BCUT2D eigenvalue weighted by atomic mass is 9.92. The fourth-order valence-corrected chi connectivity index (χ4v) is 4.34. The van der Waals surface area contributed by atoms with Gasteiger partial charge in [0.25, 0.3) is 0 Å². The average Bonchev–Trinajstić information content (AvgIpc) is 3.29. The lowest BCUT2D eigenvalue weighted by Crippen LogP contribution is -2.43. The van der Waals surface area contributed by atoms with Gasteiger partial charge in [-0.15, -0.1) is 0 Å². The first-order valence-electron chi connectivity index (χ1n) is 11.5. The molecule has 2 aliphatic heterocycles. The first kappa shape index (κ1) is 26.6. The topological polar surface area (TPSA) is 108 Å². The molecule has 0 saturated carbocycles. The van der Waals surface area contributed by atoms with E-state index in [2.05, 4.69) is 16.8 Å². The minimum atomic E-state index is -0.217. The van der Waals surface area contributed by atoms with Crippen molar-refractivity contribution in [1.82, 2.24) is 15.1 Å². The number of aliphatic hydroxyl groups excluding tert-OH is 1. The monoisotopic (exact) mass is 475 g/mol. The van der Waals surface area contributed by atoms with Gasteiger partial charge < -0.3 is 26.8 Å². The van der Waals surface area contributed by atoms with Crippen LogP contribution >= 0.6 is 11.6 Å². The van der Waals surface area contributed by atoms with Crippen molar-refractivity contribution in [1.29, 1.82) is 0 Å². The maximum Gasteiger partial charge on any atom is 0.209 e. The van der Waals surface area contributed by atoms with Gasteiger partial charge in [0.1, 0.15) is 0 Å². The van der Waals surface area contributed by atoms with Crippen LogP contribution in [-0.2, 0) is 4.79 Å². The molecule has 0 spiro atoms. The van der Waals surface area contributed by atoms with E-state index < -0.39 is 0 Å². The molecule has 8 heteroatoms. The van der Waals surface area contributed by atoms with Crippen LogP contribution in [0.2, 0.25) is 5.02 Å². The average molecular weight is 476 g/mol. The van der Waals surface area contributed by atoms with Gasteiger partial charge >= 0.3 is 0 Å². The van der Waals surface area contributed by atoms with E-state index in [1.807, 2.05) is 36.9 Å². The summed E-state index contributed by atoms with van der Waals surface area (Å²) in [7, 11) is 0. The summed E-state index contributed by atoms with van der Waals surface area (Å²) in [6.07, 6.45) is 7.16. The number of aryl methyl sites for hydroxylation is 1. The predicted molar refractivity (Wildman–Crippen MR) is 136 cm³/mol. The molecule has 182 valence electrons. The molecule has 2 heterocycles. The smallest absolute Gasteiger partial charge is 0.209 e. The third-order valence-corrected chi connectivity index (χ3v) is 6.63. The molecule has 0 aliphatic carbocycles. The van der Waals surface area contributed by atoms with Crippen molar-refractivity contribution in [2.75, 3.05) is 32.7 Å². The summed E-state index contributed by atoms with van der Waals surface area (Å²) in [4.78, 5) is 15.1. The van der Waals surface area contributed by atoms with Gasteiger partial charge in [0.05, 0.1) is 0 Å². The van der Waals surface area contributed by atoms with Crippen LogP contribution in [-0.4, -0.2) is 60.1 Å². The van der Waals surface area contributed by atoms with E-state index in [0.717, 1.165) is 85.9 Å². The summed E-state index contributed by atoms with van der Waals surface area (Å²) in [6, 6.07) is 6.40. The number of halogens is 1. The van der Waals surface area contributed by atoms with Crippen molar-refractivity contribution in [3.8, 4) is 0 Å². The molecule has 0 aromatic heterocycles. The summed E-state index contributed by atoms with van der Waals surface area (Å²) in [5, 5.41) is 12.9. The molecular weight excluding hydrogens is 438 g/mol. The summed E-state index contributed by atoms with van der Waals surface area (Å²) in [6.45, 7) is 12.6. The molecule has 2 aliphatic rings. The fraction of sp³-hybridized carbons (Fsp3) is 0.480. The molecule has 1 amide bonds. The Balaban J connectivity index is 0.000000257. The largest absolute Gasteiger partial charge is 0.495 e. The molecule has 0 radical (unpaired) electrons. The number of piperidine rings is 1. The third kappa shape index (κ3) is 8.33. The lowest BCUT2D eigenvalue weighted by molar-refractivity contribution is -0.117. The number of aliphatic hydroxyl groups is 1. The number of rotatable bonds is 7. The van der Waals surface area contributed by atoms with E-state index in [4.69, 9.17) is 28.2 Å². The standard InChI is InChI=1S/C14H24N4O2.C11H14ClN/c15-13(1-2-14(16)20)11-3-7-18(8-4-11)12-5-6-17(9-12)10-19;1-4-13-9(3)10-5-6-11(12)8(2)7-10/h1-2,10-12,20H,3-9,15-16H2;5-7,13H,3-4H2,1-2H3/b13-1-,14-2+;. The number of hydrogen-bond donors (Lipinski definition) is 4. The number of likely N-dealkylation sites (tertiary alicyclic amines) is 2. The van der Waals surface area contributed by atoms with Crippen molar-refractivity contribution >= 4 is 23.7 Å². The van der Waals surface area contributed by atoms with Crippen LogP contribution in [0.15, 0.2) is 48.5 Å². The van der Waals surface area contributed by atoms with Crippen LogP contribution in [0.5, 0.6) is 0 Å². The van der Waals surface area contributed by atoms with Gasteiger partial charge in [-0.3, -0.25) is 9.69 Å². The molecule has 6 N–H and O–H groups in total. The summed E-state index contributed by atoms with van der Waals surface area (Å²) in [5.74, 6) is 0.135. The number of nitrogens with one attached hydrogen (secondary N) is 1. The van der Waals surface area contributed by atoms with E-state index in [0.29, 0.717) is 12.0 Å². The minimum absolute atomic E-state index is 0.217. The Bertz CT molecular complexity index is 858. The molecule has 1 aromatic rings. The van der Waals surface area contributed by atoms with Gasteiger partial charge in [-0.25, -0.2) is 0 Å². The van der Waals surface area contributed by atoms with Crippen molar-refractivity contribution in [2.45, 2.75) is 39.2 Å². The Morgan fingerprint density at radius 3 is 2.48 bits per heavy atom. The van der Waals surface area contributed by atoms with Gasteiger partial charge in [-0.05, 0) is 81.6 Å². The molecule has 2 saturated heterocycles. The lowest BCUT2D eigenvalue weighted by Gasteiger charge is -2.36. The molecule has 1 atom stereocenters. The highest BCUT2D eigenvalue weighted by atomic mass is 35.5. The summed E-state index contributed by atoms with van der Waals surface area (Å²) >= 11 is 5.91. The van der Waals surface area contributed by atoms with Crippen LogP contribution in [0.3, 0.4) is 0 Å². The van der Waals surface area contributed by atoms with Gasteiger partial charge in [-0.1, -0.05) is 24.2 Å². The maximum atomic E-state index is 10.8. The summed E-state index contributed by atoms with van der Waals surface area (Å²) in [5.41, 5.74) is 15.1. The van der Waals surface area contributed by atoms with Crippen molar-refractivity contribution in [3.63, 3.8) is 0 Å². The van der Waals surface area contributed by atoms with E-state index in [1.54, 1.807) is 6.08 Å². The Morgan fingerprint density at radius 2 is 1.94 bits per heavy atom. The van der Waals surface area contributed by atoms with Gasteiger partial charge in [0, 0.05) is 48.0 Å². The third-order valence-electron chi connectivity index (χ3n) is 6.20. The molecule has 1 aromatic carbocycles. The SMILES string of the molecule is C=C(NCC)c1ccc(Cl)c(C)c1.N/C(=C\C=C(/N)O)C1CCN(C2CCN(C=O)C2)CC1. The maximum absolute atomic E-state index is 10.8. The number of nitrogens with two attached hydrogens (primary N) is 2. The van der Waals surface area contributed by atoms with Crippen LogP contribution in [0.4, 0.5) is 0 Å². The second kappa shape index (κ2) is 13.2. The number of carbonyl (C=O) groups excluding carboxylic acids is 1. The minimum Gasteiger partial charge on any atom is -0.495 e. The van der Waals surface area contributed by atoms with E-state index in [9.17, 15) is 4.79 Å². The highest BCUT2D eigenvalue weighted by molar-refractivity contribution is 6.31. The predicted octanol–water partition coefficient (Wildman–Crippen LogP) is 3.36. The molecule has 1 unspecified atom stereocenters. The second-order valence-electron chi connectivity index (χ2n) is 8.58.